The molecule has 0 unspecified atom stereocenters. The van der Waals surface area contributed by atoms with E-state index in [9.17, 15) is 19.7 Å². The normalized spacial score (nSPS) is 27.0. The number of aromatic nitrogens is 1. The van der Waals surface area contributed by atoms with Crippen LogP contribution in [0.25, 0.3) is 0 Å². The third-order valence-corrected chi connectivity index (χ3v) is 8.51. The first-order valence-electron chi connectivity index (χ1n) is 11.4. The molecule has 1 spiro atoms. The van der Waals surface area contributed by atoms with E-state index in [1.165, 1.54) is 12.3 Å². The van der Waals surface area contributed by atoms with Crippen molar-refractivity contribution in [1.82, 2.24) is 9.88 Å². The first kappa shape index (κ1) is 21.9. The van der Waals surface area contributed by atoms with Gasteiger partial charge in [0.1, 0.15) is 5.54 Å². The molecule has 4 heterocycles. The van der Waals surface area contributed by atoms with Gasteiger partial charge in [-0.3, -0.25) is 29.6 Å². The molecule has 4 atom stereocenters. The van der Waals surface area contributed by atoms with Crippen LogP contribution < -0.4 is 5.32 Å². The van der Waals surface area contributed by atoms with E-state index in [1.54, 1.807) is 42.2 Å². The van der Waals surface area contributed by atoms with Crippen molar-refractivity contribution >= 4 is 34.8 Å². The third-order valence-electron chi connectivity index (χ3n) is 7.47. The molecule has 3 aliphatic rings. The summed E-state index contributed by atoms with van der Waals surface area (Å²) in [5.41, 5.74) is 2.39. The largest absolute Gasteiger partial charge is 0.324 e. The van der Waals surface area contributed by atoms with Gasteiger partial charge in [-0.2, -0.15) is 0 Å². The lowest BCUT2D eigenvalue weighted by molar-refractivity contribution is -0.384. The summed E-state index contributed by atoms with van der Waals surface area (Å²) in [6.45, 7) is 1.97. The van der Waals surface area contributed by atoms with E-state index in [0.29, 0.717) is 22.7 Å². The van der Waals surface area contributed by atoms with E-state index >= 15 is 0 Å². The molecule has 9 heteroatoms. The highest BCUT2D eigenvalue weighted by molar-refractivity contribution is 7.99. The second kappa shape index (κ2) is 8.00. The number of rotatable bonds is 4. The molecule has 2 fully saturated rings. The molecule has 1 aromatic heterocycles. The van der Waals surface area contributed by atoms with Crippen molar-refractivity contribution in [2.24, 2.45) is 5.92 Å². The summed E-state index contributed by atoms with van der Waals surface area (Å²) in [4.78, 5) is 45.7. The zero-order valence-electron chi connectivity index (χ0n) is 18.9. The van der Waals surface area contributed by atoms with E-state index in [2.05, 4.69) is 15.2 Å². The molecule has 0 saturated carbocycles. The Morgan fingerprint density at radius 1 is 1.23 bits per heavy atom. The topological polar surface area (TPSA) is 105 Å². The maximum atomic E-state index is 14.3. The highest BCUT2D eigenvalue weighted by Crippen LogP contribution is 2.61. The summed E-state index contributed by atoms with van der Waals surface area (Å²) < 4.78 is 0. The molecule has 0 radical (unpaired) electrons. The average Bonchev–Trinajstić information content (AvgIpc) is 3.52. The van der Waals surface area contributed by atoms with E-state index in [0.717, 1.165) is 16.9 Å². The van der Waals surface area contributed by atoms with Gasteiger partial charge in [0.25, 0.3) is 5.69 Å². The Hall–Kier alpha value is -3.56. The van der Waals surface area contributed by atoms with Crippen LogP contribution in [0.15, 0.2) is 67.0 Å². The first-order chi connectivity index (χ1) is 16.9. The second-order valence-corrected chi connectivity index (χ2v) is 10.3. The van der Waals surface area contributed by atoms with Gasteiger partial charge >= 0.3 is 0 Å². The lowest BCUT2D eigenvalue weighted by Crippen LogP contribution is -2.52. The number of nitro benzene ring substituents is 1. The van der Waals surface area contributed by atoms with Gasteiger partial charge < -0.3 is 5.32 Å². The number of carbonyl (C=O) groups excluding carboxylic acids is 2. The summed E-state index contributed by atoms with van der Waals surface area (Å²) in [7, 11) is 0. The molecular weight excluding hydrogens is 464 g/mol. The van der Waals surface area contributed by atoms with Crippen LogP contribution in [-0.2, 0) is 10.3 Å². The monoisotopic (exact) mass is 486 g/mol. The highest BCUT2D eigenvalue weighted by atomic mass is 32.2. The quantitative estimate of drug-likeness (QED) is 0.336. The molecular formula is C26H22N4O4S. The zero-order valence-corrected chi connectivity index (χ0v) is 19.7. The SMILES string of the molecule is Cc1ccc2c(c1)[C@]1(C(=O)N2)[C@H](C(=O)c2cccnc2)[C@H](c2cccc([N+](=O)[O-])c2)[C@@H]2CSCN21. The number of amides is 1. The molecule has 8 nitrogen and oxygen atoms in total. The molecule has 35 heavy (non-hydrogen) atoms. The van der Waals surface area contributed by atoms with Crippen molar-refractivity contribution in [3.63, 3.8) is 0 Å². The Bertz CT molecular complexity index is 1380. The van der Waals surface area contributed by atoms with Crippen molar-refractivity contribution < 1.29 is 14.5 Å². The smallest absolute Gasteiger partial charge is 0.269 e. The maximum absolute atomic E-state index is 14.3. The zero-order chi connectivity index (χ0) is 24.3. The van der Waals surface area contributed by atoms with Gasteiger partial charge in [-0.25, -0.2) is 0 Å². The van der Waals surface area contributed by atoms with Gasteiger partial charge in [0, 0.05) is 64.9 Å². The van der Waals surface area contributed by atoms with Crippen LogP contribution in [0.2, 0.25) is 0 Å². The summed E-state index contributed by atoms with van der Waals surface area (Å²) in [6.07, 6.45) is 3.14. The number of non-ortho nitro benzene ring substituents is 1. The first-order valence-corrected chi connectivity index (χ1v) is 12.5. The number of nitro groups is 1. The molecule has 6 rings (SSSR count). The molecule has 0 aliphatic carbocycles. The molecule has 3 aliphatic heterocycles. The minimum atomic E-state index is -1.21. The number of Topliss-reactive ketones (excluding diaryl/α,β-unsaturated/α-hetero) is 1. The van der Waals surface area contributed by atoms with E-state index in [-0.39, 0.29) is 23.4 Å². The fraction of sp³-hybridized carbons (Fsp3) is 0.269. The Labute approximate surface area is 205 Å². The van der Waals surface area contributed by atoms with Gasteiger partial charge in [0.05, 0.1) is 10.8 Å². The summed E-state index contributed by atoms with van der Waals surface area (Å²) in [5, 5.41) is 14.6. The maximum Gasteiger partial charge on any atom is 0.269 e. The summed E-state index contributed by atoms with van der Waals surface area (Å²) in [6, 6.07) is 15.6. The van der Waals surface area contributed by atoms with Crippen LogP contribution in [0.1, 0.15) is 33.0 Å². The number of anilines is 1. The Balaban J connectivity index is 1.63. The number of aryl methyl sites for hydroxylation is 1. The molecule has 1 N–H and O–H groups in total. The number of thioether (sulfide) groups is 1. The number of pyridine rings is 1. The van der Waals surface area contributed by atoms with Crippen LogP contribution in [0, 0.1) is 23.0 Å². The third kappa shape index (κ3) is 3.08. The average molecular weight is 487 g/mol. The molecule has 2 saturated heterocycles. The number of benzene rings is 2. The number of fused-ring (bicyclic) bond motifs is 4. The van der Waals surface area contributed by atoms with Crippen LogP contribution in [0.5, 0.6) is 0 Å². The summed E-state index contributed by atoms with van der Waals surface area (Å²) >= 11 is 1.71. The van der Waals surface area contributed by atoms with Gasteiger partial charge in [-0.1, -0.05) is 29.8 Å². The minimum absolute atomic E-state index is 0.0275. The number of ketones is 1. The van der Waals surface area contributed by atoms with Gasteiger partial charge in [-0.05, 0) is 30.7 Å². The van der Waals surface area contributed by atoms with Crippen molar-refractivity contribution in [3.05, 3.63) is 99.4 Å². The lowest BCUT2D eigenvalue weighted by atomic mass is 9.69. The minimum Gasteiger partial charge on any atom is -0.324 e. The number of hydrogen-bond acceptors (Lipinski definition) is 7. The molecule has 0 bridgehead atoms. The fourth-order valence-corrected chi connectivity index (χ4v) is 7.42. The molecule has 2 aromatic carbocycles. The van der Waals surface area contributed by atoms with E-state index in [4.69, 9.17) is 0 Å². The Kier molecular flexibility index (Phi) is 5.01. The van der Waals surface area contributed by atoms with Crippen LogP contribution >= 0.6 is 11.8 Å². The predicted octanol–water partition coefficient (Wildman–Crippen LogP) is 4.12. The van der Waals surface area contributed by atoms with Crippen molar-refractivity contribution in [2.75, 3.05) is 16.9 Å². The van der Waals surface area contributed by atoms with Crippen molar-refractivity contribution in [1.29, 1.82) is 0 Å². The molecule has 1 amide bonds. The Morgan fingerprint density at radius 3 is 2.86 bits per heavy atom. The predicted molar refractivity (Wildman–Crippen MR) is 132 cm³/mol. The van der Waals surface area contributed by atoms with Crippen molar-refractivity contribution in [3.8, 4) is 0 Å². The summed E-state index contributed by atoms with van der Waals surface area (Å²) in [5.74, 6) is -0.273. The molecule has 3 aromatic rings. The molecule has 176 valence electrons. The highest BCUT2D eigenvalue weighted by Gasteiger charge is 2.69. The van der Waals surface area contributed by atoms with E-state index in [1.807, 2.05) is 31.2 Å². The van der Waals surface area contributed by atoms with Crippen LogP contribution in [0.3, 0.4) is 0 Å². The number of nitrogens with one attached hydrogen (secondary N) is 1. The number of carbonyl (C=O) groups is 2. The second-order valence-electron chi connectivity index (χ2n) is 9.27. The van der Waals surface area contributed by atoms with Gasteiger partial charge in [0.2, 0.25) is 5.91 Å². The van der Waals surface area contributed by atoms with Crippen molar-refractivity contribution in [2.45, 2.75) is 24.4 Å². The van der Waals surface area contributed by atoms with Gasteiger partial charge in [-0.15, -0.1) is 11.8 Å². The Morgan fingerprint density at radius 2 is 2.09 bits per heavy atom. The lowest BCUT2D eigenvalue weighted by Gasteiger charge is -2.36. The standard InChI is InChI=1S/C26H22N4O4S/c1-15-7-8-20-19(10-15)26(25(32)28-20)23(24(31)17-5-3-9-27-12-17)22(21-13-35-14-29(21)26)16-4-2-6-18(11-16)30(33)34/h2-12,21-23H,13-14H2,1H3,(H,28,32)/t21-,22+,23-,26+/m0/s1. The van der Waals surface area contributed by atoms with Gasteiger partial charge in [0.15, 0.2) is 5.78 Å². The fourth-order valence-electron chi connectivity index (χ4n) is 6.10. The van der Waals surface area contributed by atoms with Crippen LogP contribution in [-0.4, -0.2) is 44.2 Å². The number of hydrogen-bond donors (Lipinski definition) is 1. The van der Waals surface area contributed by atoms with Crippen LogP contribution in [0.4, 0.5) is 11.4 Å². The number of nitrogens with zero attached hydrogens (tertiary/aromatic N) is 3. The van der Waals surface area contributed by atoms with E-state index < -0.39 is 22.3 Å².